The molecule has 2 rings (SSSR count). The highest BCUT2D eigenvalue weighted by atomic mass is 16.4. The molecule has 0 spiro atoms. The van der Waals surface area contributed by atoms with Crippen molar-refractivity contribution in [3.8, 4) is 0 Å². The summed E-state index contributed by atoms with van der Waals surface area (Å²) in [6.45, 7) is 7.75. The average molecular weight is 333 g/mol. The summed E-state index contributed by atoms with van der Waals surface area (Å²) in [4.78, 5) is 27.7. The Hall–Kier alpha value is -2.08. The minimum Gasteiger partial charge on any atom is -0.465 e. The molecule has 2 amide bonds. The summed E-state index contributed by atoms with van der Waals surface area (Å²) in [6, 6.07) is 9.62. The van der Waals surface area contributed by atoms with Gasteiger partial charge in [-0.25, -0.2) is 4.79 Å². The maximum Gasteiger partial charge on any atom is 0.405 e. The standard InChI is InChI=1S/C18H27N3O3/c1-14(2)12-16(19-18(23)24)17(22)21-10-8-20(9-11-21)13-15-6-4-3-5-7-15/h3-7,14,16,19H,8-13H2,1-2H3,(H,23,24). The average Bonchev–Trinajstić information content (AvgIpc) is 2.54. The van der Waals surface area contributed by atoms with Crippen LogP contribution in [0.1, 0.15) is 25.8 Å². The molecular formula is C18H27N3O3. The van der Waals surface area contributed by atoms with Gasteiger partial charge in [0.15, 0.2) is 0 Å². The third kappa shape index (κ3) is 5.53. The number of amides is 2. The van der Waals surface area contributed by atoms with E-state index in [1.165, 1.54) is 5.56 Å². The largest absolute Gasteiger partial charge is 0.465 e. The lowest BCUT2D eigenvalue weighted by Crippen LogP contribution is -2.54. The predicted molar refractivity (Wildman–Crippen MR) is 92.7 cm³/mol. The van der Waals surface area contributed by atoms with Crippen LogP contribution in [0.15, 0.2) is 30.3 Å². The Kier molecular flexibility index (Phi) is 6.61. The Morgan fingerprint density at radius 1 is 1.12 bits per heavy atom. The number of rotatable bonds is 6. The maximum absolute atomic E-state index is 12.6. The smallest absolute Gasteiger partial charge is 0.405 e. The van der Waals surface area contributed by atoms with Crippen molar-refractivity contribution in [3.05, 3.63) is 35.9 Å². The van der Waals surface area contributed by atoms with E-state index in [4.69, 9.17) is 5.11 Å². The molecule has 2 N–H and O–H groups in total. The second-order valence-electron chi connectivity index (χ2n) is 6.72. The Bertz CT molecular complexity index is 540. The van der Waals surface area contributed by atoms with E-state index in [9.17, 15) is 9.59 Å². The molecule has 1 fully saturated rings. The SMILES string of the molecule is CC(C)CC(NC(=O)O)C(=O)N1CCN(Cc2ccccc2)CC1. The summed E-state index contributed by atoms with van der Waals surface area (Å²) in [5, 5.41) is 11.3. The Morgan fingerprint density at radius 2 is 1.75 bits per heavy atom. The van der Waals surface area contributed by atoms with Crippen LogP contribution in [0.3, 0.4) is 0 Å². The molecule has 0 aliphatic carbocycles. The lowest BCUT2D eigenvalue weighted by Gasteiger charge is -2.36. The van der Waals surface area contributed by atoms with Crippen molar-refractivity contribution in [2.75, 3.05) is 26.2 Å². The minimum atomic E-state index is -1.14. The highest BCUT2D eigenvalue weighted by molar-refractivity contribution is 5.85. The van der Waals surface area contributed by atoms with Gasteiger partial charge in [0.1, 0.15) is 6.04 Å². The fourth-order valence-electron chi connectivity index (χ4n) is 3.03. The van der Waals surface area contributed by atoms with Crippen molar-refractivity contribution >= 4 is 12.0 Å². The molecule has 1 unspecified atom stereocenters. The minimum absolute atomic E-state index is 0.106. The first kappa shape index (κ1) is 18.3. The summed E-state index contributed by atoms with van der Waals surface area (Å²) in [5.41, 5.74) is 1.27. The van der Waals surface area contributed by atoms with Crippen LogP contribution in [0.4, 0.5) is 4.79 Å². The van der Waals surface area contributed by atoms with Gasteiger partial charge in [-0.1, -0.05) is 44.2 Å². The van der Waals surface area contributed by atoms with Crippen LogP contribution in [-0.4, -0.2) is 59.1 Å². The van der Waals surface area contributed by atoms with Crippen molar-refractivity contribution in [1.82, 2.24) is 15.1 Å². The number of benzene rings is 1. The molecule has 0 aromatic heterocycles. The van der Waals surface area contributed by atoms with Gasteiger partial charge < -0.3 is 15.3 Å². The first-order valence-electron chi connectivity index (χ1n) is 8.50. The Balaban J connectivity index is 1.87. The molecule has 1 atom stereocenters. The lowest BCUT2D eigenvalue weighted by atomic mass is 10.0. The van der Waals surface area contributed by atoms with Gasteiger partial charge in [-0.05, 0) is 17.9 Å². The first-order chi connectivity index (χ1) is 11.5. The van der Waals surface area contributed by atoms with Gasteiger partial charge in [-0.2, -0.15) is 0 Å². The molecular weight excluding hydrogens is 306 g/mol. The number of piperazine rings is 1. The van der Waals surface area contributed by atoms with Crippen molar-refractivity contribution in [2.45, 2.75) is 32.9 Å². The number of hydrogen-bond donors (Lipinski definition) is 2. The number of carbonyl (C=O) groups is 2. The topological polar surface area (TPSA) is 72.9 Å². The van der Waals surface area contributed by atoms with Gasteiger partial charge in [-0.3, -0.25) is 9.69 Å². The molecule has 1 heterocycles. The van der Waals surface area contributed by atoms with E-state index in [1.54, 1.807) is 4.90 Å². The van der Waals surface area contributed by atoms with Crippen molar-refractivity contribution in [3.63, 3.8) is 0 Å². The summed E-state index contributed by atoms with van der Waals surface area (Å²) >= 11 is 0. The van der Waals surface area contributed by atoms with E-state index < -0.39 is 12.1 Å². The summed E-state index contributed by atoms with van der Waals surface area (Å²) in [7, 11) is 0. The first-order valence-corrected chi connectivity index (χ1v) is 8.50. The molecule has 0 bridgehead atoms. The molecule has 6 nitrogen and oxygen atoms in total. The number of carboxylic acid groups (broad SMARTS) is 1. The Morgan fingerprint density at radius 3 is 2.29 bits per heavy atom. The van der Waals surface area contributed by atoms with Crippen LogP contribution in [0.5, 0.6) is 0 Å². The van der Waals surface area contributed by atoms with Gasteiger partial charge in [0.05, 0.1) is 0 Å². The zero-order valence-corrected chi connectivity index (χ0v) is 14.4. The molecule has 132 valence electrons. The second kappa shape index (κ2) is 8.68. The van der Waals surface area contributed by atoms with Gasteiger partial charge in [-0.15, -0.1) is 0 Å². The quantitative estimate of drug-likeness (QED) is 0.835. The molecule has 0 radical (unpaired) electrons. The van der Waals surface area contributed by atoms with E-state index in [-0.39, 0.29) is 11.8 Å². The van der Waals surface area contributed by atoms with E-state index in [2.05, 4.69) is 22.3 Å². The number of hydrogen-bond acceptors (Lipinski definition) is 3. The van der Waals surface area contributed by atoms with Crippen LogP contribution in [0.25, 0.3) is 0 Å². The van der Waals surface area contributed by atoms with Crippen LogP contribution in [-0.2, 0) is 11.3 Å². The molecule has 1 aliphatic rings. The van der Waals surface area contributed by atoms with Crippen LogP contribution < -0.4 is 5.32 Å². The van der Waals surface area contributed by atoms with E-state index >= 15 is 0 Å². The highest BCUT2D eigenvalue weighted by Gasteiger charge is 2.29. The summed E-state index contributed by atoms with van der Waals surface area (Å²) in [5.74, 6) is 0.149. The summed E-state index contributed by atoms with van der Waals surface area (Å²) in [6.07, 6.45) is -0.619. The zero-order chi connectivity index (χ0) is 17.5. The third-order valence-electron chi connectivity index (χ3n) is 4.24. The van der Waals surface area contributed by atoms with Crippen molar-refractivity contribution < 1.29 is 14.7 Å². The predicted octanol–water partition coefficient (Wildman–Crippen LogP) is 2.01. The molecule has 1 saturated heterocycles. The summed E-state index contributed by atoms with van der Waals surface area (Å²) < 4.78 is 0. The van der Waals surface area contributed by atoms with Crippen LogP contribution in [0.2, 0.25) is 0 Å². The number of nitrogens with one attached hydrogen (secondary N) is 1. The zero-order valence-electron chi connectivity index (χ0n) is 14.4. The van der Waals surface area contributed by atoms with E-state index in [1.807, 2.05) is 32.0 Å². The normalized spacial score (nSPS) is 16.9. The van der Waals surface area contributed by atoms with Gasteiger partial charge in [0.2, 0.25) is 5.91 Å². The van der Waals surface area contributed by atoms with Gasteiger partial charge in [0, 0.05) is 32.7 Å². The fourth-order valence-corrected chi connectivity index (χ4v) is 3.03. The molecule has 0 saturated carbocycles. The number of carbonyl (C=O) groups excluding carboxylic acids is 1. The van der Waals surface area contributed by atoms with Gasteiger partial charge >= 0.3 is 6.09 Å². The number of nitrogens with zero attached hydrogens (tertiary/aromatic N) is 2. The van der Waals surface area contributed by atoms with E-state index in [0.717, 1.165) is 19.6 Å². The highest BCUT2D eigenvalue weighted by Crippen LogP contribution is 2.12. The fraction of sp³-hybridized carbons (Fsp3) is 0.556. The van der Waals surface area contributed by atoms with E-state index in [0.29, 0.717) is 19.5 Å². The van der Waals surface area contributed by atoms with Crippen LogP contribution >= 0.6 is 0 Å². The molecule has 6 heteroatoms. The lowest BCUT2D eigenvalue weighted by molar-refractivity contribution is -0.135. The maximum atomic E-state index is 12.6. The van der Waals surface area contributed by atoms with Gasteiger partial charge in [0.25, 0.3) is 0 Å². The molecule has 1 aromatic carbocycles. The van der Waals surface area contributed by atoms with Crippen LogP contribution in [0, 0.1) is 5.92 Å². The third-order valence-corrected chi connectivity index (χ3v) is 4.24. The molecule has 1 aromatic rings. The molecule has 1 aliphatic heterocycles. The Labute approximate surface area is 143 Å². The van der Waals surface area contributed by atoms with Crippen molar-refractivity contribution in [1.29, 1.82) is 0 Å². The van der Waals surface area contributed by atoms with Crippen molar-refractivity contribution in [2.24, 2.45) is 5.92 Å². The second-order valence-corrected chi connectivity index (χ2v) is 6.72. The molecule has 24 heavy (non-hydrogen) atoms. The monoisotopic (exact) mass is 333 g/mol.